The van der Waals surface area contributed by atoms with Gasteiger partial charge < -0.3 is 9.84 Å². The van der Waals surface area contributed by atoms with E-state index in [-0.39, 0.29) is 11.8 Å². The zero-order valence-electron chi connectivity index (χ0n) is 10.5. The average molecular weight is 234 g/mol. The molecule has 3 heteroatoms. The fraction of sp³-hybridized carbons (Fsp3) is 0.500. The van der Waals surface area contributed by atoms with Crippen molar-refractivity contribution >= 4 is 5.97 Å². The number of carbonyl (C=O) groups is 1. The third-order valence-electron chi connectivity index (χ3n) is 3.66. The third kappa shape index (κ3) is 2.07. The van der Waals surface area contributed by atoms with Crippen LogP contribution in [0.4, 0.5) is 0 Å². The number of hydrogen-bond acceptors (Lipinski definition) is 2. The van der Waals surface area contributed by atoms with Gasteiger partial charge in [-0.3, -0.25) is 4.79 Å². The first kappa shape index (κ1) is 12.1. The van der Waals surface area contributed by atoms with E-state index >= 15 is 0 Å². The highest BCUT2D eigenvalue weighted by atomic mass is 16.5. The smallest absolute Gasteiger partial charge is 0.304 e. The highest BCUT2D eigenvalue weighted by Crippen LogP contribution is 2.38. The zero-order chi connectivity index (χ0) is 12.6. The summed E-state index contributed by atoms with van der Waals surface area (Å²) in [5, 5.41) is 9.03. The van der Waals surface area contributed by atoms with Gasteiger partial charge in [-0.1, -0.05) is 12.1 Å². The summed E-state index contributed by atoms with van der Waals surface area (Å²) in [6.45, 7) is 7.22. The number of carboxylic acid groups (broad SMARTS) is 1. The molecular formula is C14H18O3. The molecule has 2 rings (SSSR count). The molecule has 1 saturated heterocycles. The summed E-state index contributed by atoms with van der Waals surface area (Å²) >= 11 is 0. The van der Waals surface area contributed by atoms with E-state index in [1.165, 1.54) is 11.1 Å². The fourth-order valence-corrected chi connectivity index (χ4v) is 2.52. The van der Waals surface area contributed by atoms with Gasteiger partial charge in [-0.15, -0.1) is 0 Å². The minimum atomic E-state index is -0.758. The van der Waals surface area contributed by atoms with Gasteiger partial charge in [-0.05, 0) is 43.0 Å². The molecule has 3 nitrogen and oxygen atoms in total. The van der Waals surface area contributed by atoms with Gasteiger partial charge in [0.1, 0.15) is 0 Å². The Hall–Kier alpha value is -1.35. The maximum absolute atomic E-state index is 11.0. The van der Waals surface area contributed by atoms with E-state index in [1.807, 2.05) is 6.92 Å². The Morgan fingerprint density at radius 1 is 1.24 bits per heavy atom. The SMILES string of the molecule is Cc1cc(C)c(C2(CC(=O)O)COC2)cc1C. The van der Waals surface area contributed by atoms with Crippen LogP contribution in [0.25, 0.3) is 0 Å². The van der Waals surface area contributed by atoms with Crippen molar-refractivity contribution in [3.63, 3.8) is 0 Å². The molecule has 0 bridgehead atoms. The van der Waals surface area contributed by atoms with Crippen molar-refractivity contribution in [2.75, 3.05) is 13.2 Å². The van der Waals surface area contributed by atoms with Crippen molar-refractivity contribution in [1.82, 2.24) is 0 Å². The van der Waals surface area contributed by atoms with Crippen LogP contribution >= 0.6 is 0 Å². The summed E-state index contributed by atoms with van der Waals surface area (Å²) in [5.41, 5.74) is 4.44. The van der Waals surface area contributed by atoms with E-state index in [2.05, 4.69) is 26.0 Å². The molecule has 1 aromatic carbocycles. The molecule has 92 valence electrons. The van der Waals surface area contributed by atoms with E-state index in [0.29, 0.717) is 13.2 Å². The molecule has 1 fully saturated rings. The molecule has 0 aliphatic carbocycles. The first-order valence-corrected chi connectivity index (χ1v) is 5.82. The second-order valence-electron chi connectivity index (χ2n) is 5.10. The lowest BCUT2D eigenvalue weighted by molar-refractivity contribution is -0.145. The van der Waals surface area contributed by atoms with Crippen molar-refractivity contribution in [2.45, 2.75) is 32.6 Å². The van der Waals surface area contributed by atoms with Crippen molar-refractivity contribution in [2.24, 2.45) is 0 Å². The number of hydrogen-bond donors (Lipinski definition) is 1. The summed E-state index contributed by atoms with van der Waals surface area (Å²) in [6, 6.07) is 4.25. The van der Waals surface area contributed by atoms with Crippen LogP contribution in [0.3, 0.4) is 0 Å². The molecule has 0 aromatic heterocycles. The van der Waals surface area contributed by atoms with Gasteiger partial charge in [-0.25, -0.2) is 0 Å². The molecule has 0 atom stereocenters. The van der Waals surface area contributed by atoms with E-state index in [4.69, 9.17) is 9.84 Å². The predicted molar refractivity (Wildman–Crippen MR) is 65.4 cm³/mol. The molecule has 0 amide bonds. The van der Waals surface area contributed by atoms with Crippen LogP contribution in [0.15, 0.2) is 12.1 Å². The van der Waals surface area contributed by atoms with Gasteiger partial charge in [0.2, 0.25) is 0 Å². The summed E-state index contributed by atoms with van der Waals surface area (Å²) < 4.78 is 5.26. The van der Waals surface area contributed by atoms with E-state index in [9.17, 15) is 4.79 Å². The van der Waals surface area contributed by atoms with E-state index < -0.39 is 5.97 Å². The second-order valence-corrected chi connectivity index (χ2v) is 5.10. The summed E-state index contributed by atoms with van der Waals surface area (Å²) in [6.07, 6.45) is 0.149. The van der Waals surface area contributed by atoms with Crippen LogP contribution < -0.4 is 0 Å². The van der Waals surface area contributed by atoms with Gasteiger partial charge in [0.25, 0.3) is 0 Å². The Morgan fingerprint density at radius 2 is 1.82 bits per heavy atom. The van der Waals surface area contributed by atoms with Gasteiger partial charge in [0.05, 0.1) is 25.0 Å². The lowest BCUT2D eigenvalue weighted by Crippen LogP contribution is -2.48. The minimum Gasteiger partial charge on any atom is -0.481 e. The van der Waals surface area contributed by atoms with Crippen LogP contribution in [0, 0.1) is 20.8 Å². The average Bonchev–Trinajstić information content (AvgIpc) is 2.17. The summed E-state index contributed by atoms with van der Waals surface area (Å²) in [7, 11) is 0. The molecule has 1 aliphatic heterocycles. The van der Waals surface area contributed by atoms with Crippen LogP contribution in [0.1, 0.15) is 28.7 Å². The molecule has 1 aromatic rings. The Morgan fingerprint density at radius 3 is 2.29 bits per heavy atom. The standard InChI is InChI=1S/C14H18O3/c1-9-4-11(3)12(5-10(9)2)14(6-13(15)16)7-17-8-14/h4-5H,6-8H2,1-3H3,(H,15,16). The lowest BCUT2D eigenvalue weighted by atomic mass is 9.73. The zero-order valence-corrected chi connectivity index (χ0v) is 10.5. The van der Waals surface area contributed by atoms with Crippen LogP contribution in [0.5, 0.6) is 0 Å². The van der Waals surface area contributed by atoms with Crippen molar-refractivity contribution in [3.05, 3.63) is 34.4 Å². The number of ether oxygens (including phenoxy) is 1. The molecule has 0 spiro atoms. The molecule has 0 unspecified atom stereocenters. The van der Waals surface area contributed by atoms with E-state index in [1.54, 1.807) is 0 Å². The van der Waals surface area contributed by atoms with Gasteiger partial charge in [-0.2, -0.15) is 0 Å². The topological polar surface area (TPSA) is 46.5 Å². The number of aryl methyl sites for hydroxylation is 3. The first-order valence-electron chi connectivity index (χ1n) is 5.82. The normalized spacial score (nSPS) is 17.6. The molecular weight excluding hydrogens is 216 g/mol. The Kier molecular flexibility index (Phi) is 2.96. The van der Waals surface area contributed by atoms with Crippen LogP contribution in [0.2, 0.25) is 0 Å². The molecule has 1 heterocycles. The molecule has 1 N–H and O–H groups in total. The van der Waals surface area contributed by atoms with Gasteiger partial charge >= 0.3 is 5.97 Å². The molecule has 0 saturated carbocycles. The summed E-state index contributed by atoms with van der Waals surface area (Å²) in [4.78, 5) is 11.0. The van der Waals surface area contributed by atoms with Crippen molar-refractivity contribution in [3.8, 4) is 0 Å². The number of benzene rings is 1. The highest BCUT2D eigenvalue weighted by molar-refractivity contribution is 5.70. The predicted octanol–water partition coefficient (Wildman–Crippen LogP) is 2.35. The van der Waals surface area contributed by atoms with Crippen molar-refractivity contribution in [1.29, 1.82) is 0 Å². The molecule has 17 heavy (non-hydrogen) atoms. The van der Waals surface area contributed by atoms with Crippen LogP contribution in [-0.4, -0.2) is 24.3 Å². The van der Waals surface area contributed by atoms with Gasteiger partial charge in [0.15, 0.2) is 0 Å². The number of aliphatic carboxylic acids is 1. The third-order valence-corrected chi connectivity index (χ3v) is 3.66. The Balaban J connectivity index is 2.44. The Labute approximate surface area is 101 Å². The lowest BCUT2D eigenvalue weighted by Gasteiger charge is -2.42. The first-order chi connectivity index (χ1) is 7.94. The Bertz CT molecular complexity index is 459. The monoisotopic (exact) mass is 234 g/mol. The quantitative estimate of drug-likeness (QED) is 0.873. The highest BCUT2D eigenvalue weighted by Gasteiger charge is 2.43. The maximum Gasteiger partial charge on any atom is 0.304 e. The van der Waals surface area contributed by atoms with Gasteiger partial charge in [0, 0.05) is 0 Å². The fourth-order valence-electron chi connectivity index (χ4n) is 2.52. The number of rotatable bonds is 3. The molecule has 1 aliphatic rings. The molecule has 0 radical (unpaired) electrons. The minimum absolute atomic E-state index is 0.149. The van der Waals surface area contributed by atoms with E-state index in [0.717, 1.165) is 11.1 Å². The second kappa shape index (κ2) is 4.15. The maximum atomic E-state index is 11.0. The van der Waals surface area contributed by atoms with Crippen LogP contribution in [-0.2, 0) is 14.9 Å². The largest absolute Gasteiger partial charge is 0.481 e. The number of carboxylic acids is 1. The summed E-state index contributed by atoms with van der Waals surface area (Å²) in [5.74, 6) is -0.758. The van der Waals surface area contributed by atoms with Crippen molar-refractivity contribution < 1.29 is 14.6 Å².